The van der Waals surface area contributed by atoms with E-state index in [4.69, 9.17) is 0 Å². The first-order chi connectivity index (χ1) is 9.91. The molecular weight excluding hydrogens is 290 g/mol. The van der Waals surface area contributed by atoms with Crippen LogP contribution < -0.4 is 10.0 Å². The fraction of sp³-hybridized carbons (Fsp3) is 0.929. The zero-order valence-corrected chi connectivity index (χ0v) is 13.8. The number of hydrogen-bond donors (Lipinski definition) is 2. The minimum Gasteiger partial charge on any atom is -0.342 e. The third-order valence-corrected chi connectivity index (χ3v) is 5.96. The van der Waals surface area contributed by atoms with Gasteiger partial charge in [-0.15, -0.1) is 0 Å². The first-order valence-electron chi connectivity index (χ1n) is 7.93. The highest BCUT2D eigenvalue weighted by Crippen LogP contribution is 2.21. The van der Waals surface area contributed by atoms with Crippen LogP contribution >= 0.6 is 0 Å². The van der Waals surface area contributed by atoms with Crippen molar-refractivity contribution in [3.05, 3.63) is 0 Å². The molecule has 1 amide bonds. The van der Waals surface area contributed by atoms with Gasteiger partial charge in [-0.1, -0.05) is 0 Å². The molecule has 0 saturated carbocycles. The SMILES string of the molecule is CCS(=O)(=O)NC1CCN(C(=O)C2CCNC(C)C2)CC1. The van der Waals surface area contributed by atoms with Gasteiger partial charge >= 0.3 is 0 Å². The number of hydrogen-bond acceptors (Lipinski definition) is 4. The van der Waals surface area contributed by atoms with Crippen LogP contribution in [0.3, 0.4) is 0 Å². The number of likely N-dealkylation sites (tertiary alicyclic amines) is 1. The largest absolute Gasteiger partial charge is 0.342 e. The Morgan fingerprint density at radius 2 is 1.95 bits per heavy atom. The third-order valence-electron chi connectivity index (χ3n) is 4.51. The van der Waals surface area contributed by atoms with Gasteiger partial charge in [0.15, 0.2) is 0 Å². The summed E-state index contributed by atoms with van der Waals surface area (Å²) < 4.78 is 25.9. The van der Waals surface area contributed by atoms with E-state index < -0.39 is 10.0 Å². The van der Waals surface area contributed by atoms with E-state index in [0.717, 1.165) is 19.4 Å². The van der Waals surface area contributed by atoms with E-state index in [0.29, 0.717) is 32.0 Å². The second-order valence-electron chi connectivity index (χ2n) is 6.20. The third kappa shape index (κ3) is 4.66. The summed E-state index contributed by atoms with van der Waals surface area (Å²) in [5.74, 6) is 0.490. The molecule has 2 saturated heterocycles. The van der Waals surface area contributed by atoms with E-state index in [1.165, 1.54) is 0 Å². The van der Waals surface area contributed by atoms with Gasteiger partial charge in [-0.05, 0) is 46.1 Å². The highest BCUT2D eigenvalue weighted by atomic mass is 32.2. The summed E-state index contributed by atoms with van der Waals surface area (Å²) in [6, 6.07) is 0.382. The second kappa shape index (κ2) is 7.07. The van der Waals surface area contributed by atoms with Crippen molar-refractivity contribution in [3.63, 3.8) is 0 Å². The number of carbonyl (C=O) groups is 1. The Kier molecular flexibility index (Phi) is 5.62. The summed E-state index contributed by atoms with van der Waals surface area (Å²) in [6.07, 6.45) is 3.24. The molecule has 122 valence electrons. The van der Waals surface area contributed by atoms with Crippen LogP contribution in [0.2, 0.25) is 0 Å². The first-order valence-corrected chi connectivity index (χ1v) is 9.58. The number of amides is 1. The monoisotopic (exact) mass is 317 g/mol. The first kappa shape index (κ1) is 16.7. The molecule has 0 aliphatic carbocycles. The van der Waals surface area contributed by atoms with Crippen LogP contribution in [-0.2, 0) is 14.8 Å². The molecular formula is C14H27N3O3S. The minimum absolute atomic E-state index is 0.0223. The Hall–Kier alpha value is -0.660. The van der Waals surface area contributed by atoms with Crippen molar-refractivity contribution in [3.8, 4) is 0 Å². The van der Waals surface area contributed by atoms with Crippen LogP contribution in [0.15, 0.2) is 0 Å². The summed E-state index contributed by atoms with van der Waals surface area (Å²) in [4.78, 5) is 14.4. The Morgan fingerprint density at radius 1 is 1.29 bits per heavy atom. The van der Waals surface area contributed by atoms with Crippen LogP contribution in [-0.4, -0.2) is 56.7 Å². The number of sulfonamides is 1. The van der Waals surface area contributed by atoms with E-state index in [9.17, 15) is 13.2 Å². The maximum absolute atomic E-state index is 12.5. The second-order valence-corrected chi connectivity index (χ2v) is 8.24. The number of nitrogens with one attached hydrogen (secondary N) is 2. The van der Waals surface area contributed by atoms with Gasteiger partial charge in [0.05, 0.1) is 5.75 Å². The zero-order valence-electron chi connectivity index (χ0n) is 13.0. The van der Waals surface area contributed by atoms with E-state index in [2.05, 4.69) is 17.0 Å². The van der Waals surface area contributed by atoms with E-state index in [1.54, 1.807) is 6.92 Å². The van der Waals surface area contributed by atoms with Gasteiger partial charge in [-0.3, -0.25) is 4.79 Å². The lowest BCUT2D eigenvalue weighted by Gasteiger charge is -2.36. The Balaban J connectivity index is 1.82. The molecule has 2 N–H and O–H groups in total. The summed E-state index contributed by atoms with van der Waals surface area (Å²) in [5.41, 5.74) is 0. The van der Waals surface area contributed by atoms with Gasteiger partial charge in [-0.25, -0.2) is 13.1 Å². The summed E-state index contributed by atoms with van der Waals surface area (Å²) >= 11 is 0. The van der Waals surface area contributed by atoms with E-state index in [-0.39, 0.29) is 23.6 Å². The summed E-state index contributed by atoms with van der Waals surface area (Å²) in [7, 11) is -3.15. The number of rotatable bonds is 4. The van der Waals surface area contributed by atoms with Crippen molar-refractivity contribution < 1.29 is 13.2 Å². The fourth-order valence-electron chi connectivity index (χ4n) is 3.17. The standard InChI is InChI=1S/C14H27N3O3S/c1-3-21(19,20)16-13-5-8-17(9-6-13)14(18)12-4-7-15-11(2)10-12/h11-13,15-16H,3-10H2,1-2H3. The van der Waals surface area contributed by atoms with Gasteiger partial charge in [0.1, 0.15) is 0 Å². The van der Waals surface area contributed by atoms with E-state index in [1.807, 2.05) is 4.90 Å². The molecule has 0 aromatic rings. The normalized spacial score (nSPS) is 28.6. The summed E-state index contributed by atoms with van der Waals surface area (Å²) in [5, 5.41) is 3.36. The molecule has 0 radical (unpaired) electrons. The lowest BCUT2D eigenvalue weighted by molar-refractivity contribution is -0.137. The molecule has 2 fully saturated rings. The zero-order chi connectivity index (χ0) is 15.5. The molecule has 21 heavy (non-hydrogen) atoms. The molecule has 7 heteroatoms. The van der Waals surface area contributed by atoms with Gasteiger partial charge in [0.25, 0.3) is 0 Å². The molecule has 0 aromatic heterocycles. The molecule has 2 rings (SSSR count). The van der Waals surface area contributed by atoms with Crippen LogP contribution in [0.5, 0.6) is 0 Å². The number of piperidine rings is 2. The predicted molar refractivity (Wildman–Crippen MR) is 82.4 cm³/mol. The number of nitrogens with zero attached hydrogens (tertiary/aromatic N) is 1. The molecule has 2 aliphatic heterocycles. The van der Waals surface area contributed by atoms with Crippen LogP contribution in [0, 0.1) is 5.92 Å². The van der Waals surface area contributed by atoms with Crippen LogP contribution in [0.25, 0.3) is 0 Å². The smallest absolute Gasteiger partial charge is 0.225 e. The highest BCUT2D eigenvalue weighted by Gasteiger charge is 2.31. The van der Waals surface area contributed by atoms with E-state index >= 15 is 0 Å². The van der Waals surface area contributed by atoms with Gasteiger partial charge < -0.3 is 10.2 Å². The van der Waals surface area contributed by atoms with Crippen LogP contribution in [0.1, 0.15) is 39.5 Å². The van der Waals surface area contributed by atoms with Crippen molar-refractivity contribution in [2.45, 2.75) is 51.6 Å². The highest BCUT2D eigenvalue weighted by molar-refractivity contribution is 7.89. The topological polar surface area (TPSA) is 78.5 Å². The quantitative estimate of drug-likeness (QED) is 0.782. The van der Waals surface area contributed by atoms with Crippen molar-refractivity contribution in [1.29, 1.82) is 0 Å². The summed E-state index contributed by atoms with van der Waals surface area (Å²) in [6.45, 7) is 5.98. The molecule has 2 aliphatic rings. The Bertz CT molecular complexity index is 458. The maximum Gasteiger partial charge on any atom is 0.225 e. The van der Waals surface area contributed by atoms with Gasteiger partial charge in [-0.2, -0.15) is 0 Å². The maximum atomic E-state index is 12.5. The average Bonchev–Trinajstić information content (AvgIpc) is 2.47. The fourth-order valence-corrected chi connectivity index (χ4v) is 4.08. The Morgan fingerprint density at radius 3 is 2.52 bits per heavy atom. The Labute approximate surface area is 127 Å². The molecule has 0 bridgehead atoms. The lowest BCUT2D eigenvalue weighted by atomic mass is 9.91. The average molecular weight is 317 g/mol. The van der Waals surface area contributed by atoms with Gasteiger partial charge in [0.2, 0.25) is 15.9 Å². The lowest BCUT2D eigenvalue weighted by Crippen LogP contribution is -2.50. The van der Waals surface area contributed by atoms with Gasteiger partial charge in [0, 0.05) is 31.1 Å². The number of carbonyl (C=O) groups excluding carboxylic acids is 1. The van der Waals surface area contributed by atoms with Crippen LogP contribution in [0.4, 0.5) is 0 Å². The van der Waals surface area contributed by atoms with Crippen molar-refractivity contribution in [2.75, 3.05) is 25.4 Å². The van der Waals surface area contributed by atoms with Crippen molar-refractivity contribution in [1.82, 2.24) is 14.9 Å². The molecule has 2 heterocycles. The molecule has 6 nitrogen and oxygen atoms in total. The molecule has 0 spiro atoms. The molecule has 0 aromatic carbocycles. The van der Waals surface area contributed by atoms with Crippen molar-refractivity contribution in [2.24, 2.45) is 5.92 Å². The molecule has 2 atom stereocenters. The minimum atomic E-state index is -3.15. The predicted octanol–water partition coefficient (Wildman–Crippen LogP) is 0.305. The molecule has 2 unspecified atom stereocenters. The van der Waals surface area contributed by atoms with Crippen molar-refractivity contribution >= 4 is 15.9 Å².